The van der Waals surface area contributed by atoms with E-state index in [-0.39, 0.29) is 24.8 Å². The summed E-state index contributed by atoms with van der Waals surface area (Å²) in [6.07, 6.45) is 2.12. The highest BCUT2D eigenvalue weighted by molar-refractivity contribution is 6.35. The van der Waals surface area contributed by atoms with Crippen molar-refractivity contribution in [2.45, 2.75) is 52.6 Å². The summed E-state index contributed by atoms with van der Waals surface area (Å²) < 4.78 is 0. The normalized spacial score (nSPS) is 11.8. The Labute approximate surface area is 183 Å². The molecule has 29 heavy (non-hydrogen) atoms. The van der Waals surface area contributed by atoms with Gasteiger partial charge >= 0.3 is 0 Å². The maximum absolute atomic E-state index is 13.2. The molecule has 156 valence electrons. The number of nitrogens with one attached hydrogen (secondary N) is 1. The quantitative estimate of drug-likeness (QED) is 0.552. The van der Waals surface area contributed by atoms with Gasteiger partial charge in [-0.05, 0) is 49.1 Å². The monoisotopic (exact) mass is 434 g/mol. The third-order valence-electron chi connectivity index (χ3n) is 4.96. The third kappa shape index (κ3) is 6.76. The van der Waals surface area contributed by atoms with Crippen molar-refractivity contribution < 1.29 is 9.59 Å². The van der Waals surface area contributed by atoms with Gasteiger partial charge in [0, 0.05) is 23.1 Å². The van der Waals surface area contributed by atoms with E-state index in [1.54, 1.807) is 30.0 Å². The molecule has 0 bridgehead atoms. The fourth-order valence-electron chi connectivity index (χ4n) is 3.03. The number of aryl methyl sites for hydroxylation is 1. The zero-order valence-electron chi connectivity index (χ0n) is 17.2. The van der Waals surface area contributed by atoms with E-state index in [9.17, 15) is 9.59 Å². The van der Waals surface area contributed by atoms with Crippen molar-refractivity contribution in [3.05, 3.63) is 69.2 Å². The molecule has 0 spiro atoms. The second-order valence-corrected chi connectivity index (χ2v) is 8.02. The zero-order valence-corrected chi connectivity index (χ0v) is 18.7. The van der Waals surface area contributed by atoms with Gasteiger partial charge in [0.2, 0.25) is 11.8 Å². The van der Waals surface area contributed by atoms with E-state index in [1.165, 1.54) is 0 Å². The van der Waals surface area contributed by atoms with Gasteiger partial charge in [0.15, 0.2) is 0 Å². The SMILES string of the molecule is CCCCNC(=O)[C@@H](C)N(Cc1ccc(Cl)cc1Cl)C(=O)Cc1ccccc1C. The molecule has 0 saturated heterocycles. The van der Waals surface area contributed by atoms with Gasteiger partial charge in [0.25, 0.3) is 0 Å². The summed E-state index contributed by atoms with van der Waals surface area (Å²) in [5.74, 6) is -0.287. The summed E-state index contributed by atoms with van der Waals surface area (Å²) in [7, 11) is 0. The van der Waals surface area contributed by atoms with Crippen LogP contribution < -0.4 is 5.32 Å². The molecular weight excluding hydrogens is 407 g/mol. The van der Waals surface area contributed by atoms with E-state index in [2.05, 4.69) is 12.2 Å². The molecule has 0 aliphatic heterocycles. The molecule has 6 heteroatoms. The molecule has 1 N–H and O–H groups in total. The van der Waals surface area contributed by atoms with Crippen LogP contribution >= 0.6 is 23.2 Å². The zero-order chi connectivity index (χ0) is 21.4. The fourth-order valence-corrected chi connectivity index (χ4v) is 3.49. The van der Waals surface area contributed by atoms with Crippen molar-refractivity contribution in [2.24, 2.45) is 0 Å². The van der Waals surface area contributed by atoms with Gasteiger partial charge in [-0.25, -0.2) is 0 Å². The average Bonchev–Trinajstić information content (AvgIpc) is 2.68. The highest BCUT2D eigenvalue weighted by Crippen LogP contribution is 2.24. The van der Waals surface area contributed by atoms with Crippen LogP contribution in [-0.4, -0.2) is 29.3 Å². The van der Waals surface area contributed by atoms with Crippen LogP contribution in [0.2, 0.25) is 10.0 Å². The van der Waals surface area contributed by atoms with Crippen LogP contribution in [0, 0.1) is 6.92 Å². The van der Waals surface area contributed by atoms with Crippen LogP contribution in [0.5, 0.6) is 0 Å². The lowest BCUT2D eigenvalue weighted by Gasteiger charge is -2.29. The number of carbonyl (C=O) groups is 2. The van der Waals surface area contributed by atoms with Crippen molar-refractivity contribution >= 4 is 35.0 Å². The van der Waals surface area contributed by atoms with Crippen molar-refractivity contribution in [3.8, 4) is 0 Å². The molecule has 1 atom stereocenters. The first-order chi connectivity index (χ1) is 13.8. The van der Waals surface area contributed by atoms with E-state index in [4.69, 9.17) is 23.2 Å². The molecule has 0 aliphatic rings. The number of nitrogens with zero attached hydrogens (tertiary/aromatic N) is 1. The van der Waals surface area contributed by atoms with Crippen LogP contribution in [0.3, 0.4) is 0 Å². The third-order valence-corrected chi connectivity index (χ3v) is 5.54. The maximum Gasteiger partial charge on any atom is 0.242 e. The molecule has 0 aliphatic carbocycles. The predicted molar refractivity (Wildman–Crippen MR) is 119 cm³/mol. The minimum atomic E-state index is -0.616. The summed E-state index contributed by atoms with van der Waals surface area (Å²) in [4.78, 5) is 27.4. The summed E-state index contributed by atoms with van der Waals surface area (Å²) in [6.45, 7) is 6.63. The van der Waals surface area contributed by atoms with E-state index in [0.29, 0.717) is 16.6 Å². The average molecular weight is 435 g/mol. The number of carbonyl (C=O) groups excluding carboxylic acids is 2. The smallest absolute Gasteiger partial charge is 0.242 e. The fraction of sp³-hybridized carbons (Fsp3) is 0.391. The number of benzene rings is 2. The second kappa shape index (κ2) is 11.2. The lowest BCUT2D eigenvalue weighted by atomic mass is 10.0. The number of halogens is 2. The molecule has 2 rings (SSSR count). The largest absolute Gasteiger partial charge is 0.354 e. The topological polar surface area (TPSA) is 49.4 Å². The van der Waals surface area contributed by atoms with Crippen molar-refractivity contribution in [1.29, 1.82) is 0 Å². The standard InChI is InChI=1S/C23H28Cl2N2O2/c1-4-5-12-26-23(29)17(3)27(15-19-10-11-20(24)14-21(19)25)22(28)13-18-9-7-6-8-16(18)2/h6-11,14,17H,4-5,12-13,15H2,1-3H3,(H,26,29)/t17-/m1/s1. The molecule has 0 unspecified atom stereocenters. The summed E-state index contributed by atoms with van der Waals surface area (Å²) in [5, 5.41) is 3.92. The molecular formula is C23H28Cl2N2O2. The van der Waals surface area contributed by atoms with Crippen molar-refractivity contribution in [2.75, 3.05) is 6.54 Å². The van der Waals surface area contributed by atoms with Crippen LogP contribution in [0.1, 0.15) is 43.4 Å². The van der Waals surface area contributed by atoms with Crippen molar-refractivity contribution in [3.63, 3.8) is 0 Å². The van der Waals surface area contributed by atoms with E-state index >= 15 is 0 Å². The Hall–Kier alpha value is -2.04. The van der Waals surface area contributed by atoms with Crippen LogP contribution in [-0.2, 0) is 22.6 Å². The molecule has 2 amide bonds. The Morgan fingerprint density at radius 1 is 1.10 bits per heavy atom. The minimum Gasteiger partial charge on any atom is -0.354 e. The number of hydrogen-bond acceptors (Lipinski definition) is 2. The molecule has 0 radical (unpaired) electrons. The van der Waals surface area contributed by atoms with Gasteiger partial charge in [-0.3, -0.25) is 9.59 Å². The number of rotatable bonds is 9. The summed E-state index contributed by atoms with van der Waals surface area (Å²) in [6, 6.07) is 12.3. The maximum atomic E-state index is 13.2. The first-order valence-electron chi connectivity index (χ1n) is 9.89. The number of hydrogen-bond donors (Lipinski definition) is 1. The number of unbranched alkanes of at least 4 members (excludes halogenated alkanes) is 1. The van der Waals surface area contributed by atoms with Crippen LogP contribution in [0.15, 0.2) is 42.5 Å². The van der Waals surface area contributed by atoms with Gasteiger partial charge in [0.05, 0.1) is 6.42 Å². The summed E-state index contributed by atoms with van der Waals surface area (Å²) >= 11 is 12.3. The van der Waals surface area contributed by atoms with E-state index in [1.807, 2.05) is 31.2 Å². The Morgan fingerprint density at radius 2 is 1.83 bits per heavy atom. The molecule has 0 heterocycles. The van der Waals surface area contributed by atoms with Gasteiger partial charge in [-0.1, -0.05) is 66.9 Å². The second-order valence-electron chi connectivity index (χ2n) is 7.18. The Morgan fingerprint density at radius 3 is 2.48 bits per heavy atom. The van der Waals surface area contributed by atoms with Crippen molar-refractivity contribution in [1.82, 2.24) is 10.2 Å². The molecule has 2 aromatic carbocycles. The Balaban J connectivity index is 2.24. The highest BCUT2D eigenvalue weighted by atomic mass is 35.5. The molecule has 0 saturated carbocycles. The van der Waals surface area contributed by atoms with Gasteiger partial charge in [-0.2, -0.15) is 0 Å². The first kappa shape index (κ1) is 23.2. The highest BCUT2D eigenvalue weighted by Gasteiger charge is 2.27. The Bertz CT molecular complexity index is 855. The molecule has 0 fully saturated rings. The lowest BCUT2D eigenvalue weighted by Crippen LogP contribution is -2.48. The Kier molecular flexibility index (Phi) is 8.99. The number of amides is 2. The molecule has 4 nitrogen and oxygen atoms in total. The van der Waals surface area contributed by atoms with E-state index in [0.717, 1.165) is 29.5 Å². The molecule has 0 aromatic heterocycles. The molecule has 2 aromatic rings. The summed E-state index contributed by atoms with van der Waals surface area (Å²) in [5.41, 5.74) is 2.75. The van der Waals surface area contributed by atoms with Crippen LogP contribution in [0.4, 0.5) is 0 Å². The van der Waals surface area contributed by atoms with Gasteiger partial charge < -0.3 is 10.2 Å². The lowest BCUT2D eigenvalue weighted by molar-refractivity contribution is -0.140. The van der Waals surface area contributed by atoms with E-state index < -0.39 is 6.04 Å². The van der Waals surface area contributed by atoms with Crippen LogP contribution in [0.25, 0.3) is 0 Å². The predicted octanol–water partition coefficient (Wildman–Crippen LogP) is 5.18. The van der Waals surface area contributed by atoms with Gasteiger partial charge in [0.1, 0.15) is 6.04 Å². The van der Waals surface area contributed by atoms with Gasteiger partial charge in [-0.15, -0.1) is 0 Å². The minimum absolute atomic E-state index is 0.122. The first-order valence-corrected chi connectivity index (χ1v) is 10.6.